The quantitative estimate of drug-likeness (QED) is 0.836. The van der Waals surface area contributed by atoms with Gasteiger partial charge in [0.2, 0.25) is 0 Å². The molecule has 3 heterocycles. The van der Waals surface area contributed by atoms with Crippen LogP contribution in [0.25, 0.3) is 0 Å². The molecule has 3 rings (SSSR count). The first kappa shape index (κ1) is 18.2. The molecule has 0 radical (unpaired) electrons. The lowest BCUT2D eigenvalue weighted by molar-refractivity contribution is -0.379. The number of hydrogen-bond acceptors (Lipinski definition) is 3. The summed E-state index contributed by atoms with van der Waals surface area (Å²) in [7, 11) is 0. The molecule has 0 aromatic carbocycles. The van der Waals surface area contributed by atoms with Crippen LogP contribution in [0, 0.1) is 17.2 Å². The summed E-state index contributed by atoms with van der Waals surface area (Å²) in [6, 6.07) is 2.52. The Hall–Kier alpha value is -1.60. The number of unbranched alkanes of at least 4 members (excludes halogenated alkanes) is 1. The van der Waals surface area contributed by atoms with Crippen LogP contribution < -0.4 is 9.88 Å². The van der Waals surface area contributed by atoms with E-state index in [1.54, 1.807) is 0 Å². The predicted octanol–water partition coefficient (Wildman–Crippen LogP) is 3.80. The fourth-order valence-electron chi connectivity index (χ4n) is 4.03. The van der Waals surface area contributed by atoms with Gasteiger partial charge < -0.3 is 4.74 Å². The van der Waals surface area contributed by atoms with E-state index in [1.807, 2.05) is 0 Å². The molecular weight excluding hydrogens is 310 g/mol. The van der Waals surface area contributed by atoms with Crippen LogP contribution in [0.5, 0.6) is 0 Å². The lowest BCUT2D eigenvalue weighted by Gasteiger charge is -2.34. The molecule has 0 unspecified atom stereocenters. The summed E-state index contributed by atoms with van der Waals surface area (Å²) in [5.74, 6) is 1.84. The van der Waals surface area contributed by atoms with Crippen molar-refractivity contribution in [1.82, 2.24) is 0 Å². The van der Waals surface area contributed by atoms with Crippen LogP contribution in [0.3, 0.4) is 0 Å². The van der Waals surface area contributed by atoms with Gasteiger partial charge in [0.25, 0.3) is 5.82 Å². The Morgan fingerprint density at radius 2 is 2.00 bits per heavy atom. The SMILES string of the molecule is CCCCc1[nH+]c(N2CCC(C)CC2)c(C#N)c2c1COC(C)(C)C2. The number of nitriles is 1. The normalized spacial score (nSPS) is 20.2. The van der Waals surface area contributed by atoms with Gasteiger partial charge in [-0.05, 0) is 44.6 Å². The van der Waals surface area contributed by atoms with Crippen molar-refractivity contribution in [3.05, 3.63) is 22.4 Å². The zero-order valence-electron chi connectivity index (χ0n) is 16.2. The molecule has 1 fully saturated rings. The van der Waals surface area contributed by atoms with Crippen molar-refractivity contribution < 1.29 is 9.72 Å². The third-order valence-electron chi connectivity index (χ3n) is 5.74. The van der Waals surface area contributed by atoms with Gasteiger partial charge >= 0.3 is 0 Å². The smallest absolute Gasteiger partial charge is 0.293 e. The summed E-state index contributed by atoms with van der Waals surface area (Å²) in [4.78, 5) is 6.06. The topological polar surface area (TPSA) is 50.4 Å². The minimum atomic E-state index is -0.199. The minimum absolute atomic E-state index is 0.199. The van der Waals surface area contributed by atoms with E-state index in [0.29, 0.717) is 6.61 Å². The molecule has 1 N–H and O–H groups in total. The number of aromatic amines is 1. The molecule has 0 saturated carbocycles. The number of pyridine rings is 1. The second kappa shape index (κ2) is 7.33. The Bertz CT molecular complexity index is 667. The van der Waals surface area contributed by atoms with Crippen molar-refractivity contribution in [2.75, 3.05) is 18.0 Å². The number of anilines is 1. The van der Waals surface area contributed by atoms with E-state index in [9.17, 15) is 5.26 Å². The summed E-state index contributed by atoms with van der Waals surface area (Å²) in [6.45, 7) is 11.5. The van der Waals surface area contributed by atoms with Gasteiger partial charge in [0, 0.05) is 18.4 Å². The fraction of sp³-hybridized carbons (Fsp3) is 0.714. The van der Waals surface area contributed by atoms with Crippen LogP contribution in [0.15, 0.2) is 0 Å². The second-order valence-corrected chi connectivity index (χ2v) is 8.39. The van der Waals surface area contributed by atoms with Crippen LogP contribution in [0.1, 0.15) is 75.8 Å². The summed E-state index contributed by atoms with van der Waals surface area (Å²) < 4.78 is 6.07. The lowest BCUT2D eigenvalue weighted by Crippen LogP contribution is -2.41. The average Bonchev–Trinajstić information content (AvgIpc) is 2.58. The zero-order valence-corrected chi connectivity index (χ0v) is 16.2. The molecule has 25 heavy (non-hydrogen) atoms. The van der Waals surface area contributed by atoms with Gasteiger partial charge in [-0.1, -0.05) is 20.3 Å². The molecule has 0 aliphatic carbocycles. The number of ether oxygens (including phenoxy) is 1. The molecule has 0 spiro atoms. The predicted molar refractivity (Wildman–Crippen MR) is 99.5 cm³/mol. The van der Waals surface area contributed by atoms with Gasteiger partial charge in [0.1, 0.15) is 17.3 Å². The Balaban J connectivity index is 2.06. The number of nitrogens with one attached hydrogen (secondary N) is 1. The van der Waals surface area contributed by atoms with E-state index in [2.05, 4.69) is 43.6 Å². The summed E-state index contributed by atoms with van der Waals surface area (Å²) in [6.07, 6.45) is 6.59. The van der Waals surface area contributed by atoms with Crippen LogP contribution in [-0.2, 0) is 24.2 Å². The molecule has 1 aromatic heterocycles. The van der Waals surface area contributed by atoms with E-state index in [4.69, 9.17) is 4.74 Å². The van der Waals surface area contributed by atoms with Crippen LogP contribution in [-0.4, -0.2) is 18.7 Å². The zero-order chi connectivity index (χ0) is 18.0. The number of H-pyrrole nitrogens is 1. The van der Waals surface area contributed by atoms with E-state index < -0.39 is 0 Å². The second-order valence-electron chi connectivity index (χ2n) is 8.39. The fourth-order valence-corrected chi connectivity index (χ4v) is 4.03. The number of hydrogen-bond donors (Lipinski definition) is 0. The van der Waals surface area contributed by atoms with Gasteiger partial charge in [0.15, 0.2) is 0 Å². The molecule has 0 amide bonds. The maximum Gasteiger partial charge on any atom is 0.293 e. The number of aromatic nitrogens is 1. The maximum atomic E-state index is 9.96. The van der Waals surface area contributed by atoms with Gasteiger partial charge in [-0.15, -0.1) is 0 Å². The van der Waals surface area contributed by atoms with Gasteiger partial charge in [-0.25, -0.2) is 4.98 Å². The monoisotopic (exact) mass is 342 g/mol. The summed E-state index contributed by atoms with van der Waals surface area (Å²) in [5.41, 5.74) is 4.38. The Labute approximate surface area is 152 Å². The molecule has 4 heteroatoms. The van der Waals surface area contributed by atoms with Gasteiger partial charge in [0.05, 0.1) is 25.3 Å². The number of nitrogens with zero attached hydrogens (tertiary/aromatic N) is 2. The van der Waals surface area contributed by atoms with Crippen LogP contribution in [0.2, 0.25) is 0 Å². The first-order chi connectivity index (χ1) is 11.9. The highest BCUT2D eigenvalue weighted by Gasteiger charge is 2.36. The van der Waals surface area contributed by atoms with Crippen molar-refractivity contribution in [2.45, 2.75) is 78.4 Å². The molecule has 1 saturated heterocycles. The van der Waals surface area contributed by atoms with E-state index in [-0.39, 0.29) is 5.60 Å². The molecule has 1 aromatic rings. The first-order valence-electron chi connectivity index (χ1n) is 9.84. The average molecular weight is 343 g/mol. The lowest BCUT2D eigenvalue weighted by atomic mass is 9.87. The van der Waals surface area contributed by atoms with Crippen molar-refractivity contribution in [1.29, 1.82) is 5.26 Å². The van der Waals surface area contributed by atoms with Crippen molar-refractivity contribution in [3.8, 4) is 6.07 Å². The molecule has 0 bridgehead atoms. The van der Waals surface area contributed by atoms with Crippen molar-refractivity contribution in [3.63, 3.8) is 0 Å². The van der Waals surface area contributed by atoms with Crippen molar-refractivity contribution in [2.24, 2.45) is 5.92 Å². The number of aryl methyl sites for hydroxylation is 1. The Kier molecular flexibility index (Phi) is 5.34. The van der Waals surface area contributed by atoms with E-state index >= 15 is 0 Å². The Morgan fingerprint density at radius 3 is 2.64 bits per heavy atom. The first-order valence-corrected chi connectivity index (χ1v) is 9.84. The van der Waals surface area contributed by atoms with Crippen molar-refractivity contribution >= 4 is 5.82 Å². The summed E-state index contributed by atoms with van der Waals surface area (Å²) >= 11 is 0. The molecule has 0 atom stereocenters. The van der Waals surface area contributed by atoms with Gasteiger partial charge in [-0.2, -0.15) is 5.26 Å². The minimum Gasteiger partial charge on any atom is -0.370 e. The van der Waals surface area contributed by atoms with Crippen LogP contribution >= 0.6 is 0 Å². The Morgan fingerprint density at radius 1 is 1.28 bits per heavy atom. The molecular formula is C21H32N3O+. The third kappa shape index (κ3) is 3.82. The highest BCUT2D eigenvalue weighted by molar-refractivity contribution is 5.58. The third-order valence-corrected chi connectivity index (χ3v) is 5.74. The van der Waals surface area contributed by atoms with E-state index in [1.165, 1.54) is 36.1 Å². The number of rotatable bonds is 4. The molecule has 2 aliphatic rings. The van der Waals surface area contributed by atoms with Crippen LogP contribution in [0.4, 0.5) is 5.82 Å². The largest absolute Gasteiger partial charge is 0.370 e. The molecule has 4 nitrogen and oxygen atoms in total. The van der Waals surface area contributed by atoms with E-state index in [0.717, 1.165) is 49.7 Å². The highest BCUT2D eigenvalue weighted by Crippen LogP contribution is 2.35. The standard InChI is InChI=1S/C21H31N3O/c1-5-6-7-19-18-14-25-21(3,4)12-16(18)17(13-22)20(23-19)24-10-8-15(2)9-11-24/h15H,5-12,14H2,1-4H3/p+1. The number of fused-ring (bicyclic) bond motifs is 1. The van der Waals surface area contributed by atoms with Gasteiger partial charge in [-0.3, -0.25) is 4.90 Å². The number of piperidine rings is 1. The molecule has 136 valence electrons. The molecule has 2 aliphatic heterocycles. The highest BCUT2D eigenvalue weighted by atomic mass is 16.5. The maximum absolute atomic E-state index is 9.96. The summed E-state index contributed by atoms with van der Waals surface area (Å²) in [5, 5.41) is 9.96.